The predicted molar refractivity (Wildman–Crippen MR) is 170 cm³/mol. The molecule has 0 fully saturated rings. The largest absolute Gasteiger partial charge is 0.354 e. The Morgan fingerprint density at radius 1 is 0.857 bits per heavy atom. The SMILES string of the molecule is CCCNC(=O)[C@@H](Cc1ccccc1)N(Cc1ccc(Cl)c(Cl)c1)C(=O)CN(c1cccc2ccccc12)S(C)(=O)=O. The molecule has 0 unspecified atom stereocenters. The first-order valence-corrected chi connectivity index (χ1v) is 16.2. The van der Waals surface area contributed by atoms with E-state index in [1.807, 2.05) is 67.6 Å². The zero-order valence-corrected chi connectivity index (χ0v) is 25.8. The number of benzene rings is 4. The summed E-state index contributed by atoms with van der Waals surface area (Å²) in [6.07, 6.45) is 2.02. The highest BCUT2D eigenvalue weighted by Gasteiger charge is 2.33. The molecule has 7 nitrogen and oxygen atoms in total. The summed E-state index contributed by atoms with van der Waals surface area (Å²) in [7, 11) is -3.90. The molecule has 0 saturated heterocycles. The number of amides is 2. The van der Waals surface area contributed by atoms with E-state index in [1.165, 1.54) is 4.90 Å². The second kappa shape index (κ2) is 14.1. The van der Waals surface area contributed by atoms with Crippen LogP contribution in [0.15, 0.2) is 91.0 Å². The van der Waals surface area contributed by atoms with Gasteiger partial charge in [0.1, 0.15) is 12.6 Å². The second-order valence-electron chi connectivity index (χ2n) is 10.0. The average Bonchev–Trinajstić information content (AvgIpc) is 2.97. The summed E-state index contributed by atoms with van der Waals surface area (Å²) in [4.78, 5) is 29.3. The number of hydrogen-bond acceptors (Lipinski definition) is 4. The molecule has 0 aliphatic heterocycles. The van der Waals surface area contributed by atoms with Crippen molar-refractivity contribution in [2.45, 2.75) is 32.4 Å². The summed E-state index contributed by atoms with van der Waals surface area (Å²) in [5.74, 6) is -0.864. The van der Waals surface area contributed by atoms with Crippen molar-refractivity contribution in [2.24, 2.45) is 0 Å². The fourth-order valence-electron chi connectivity index (χ4n) is 4.78. The molecule has 0 saturated carbocycles. The predicted octanol–water partition coefficient (Wildman–Crippen LogP) is 6.08. The molecule has 10 heteroatoms. The third-order valence-electron chi connectivity index (χ3n) is 6.87. The summed E-state index contributed by atoms with van der Waals surface area (Å²) in [5, 5.41) is 5.12. The highest BCUT2D eigenvalue weighted by atomic mass is 35.5. The molecule has 4 aromatic carbocycles. The van der Waals surface area contributed by atoms with Crippen LogP contribution in [0, 0.1) is 0 Å². The summed E-state index contributed by atoms with van der Waals surface area (Å²) >= 11 is 12.4. The Morgan fingerprint density at radius 3 is 2.24 bits per heavy atom. The highest BCUT2D eigenvalue weighted by Crippen LogP contribution is 2.29. The zero-order chi connectivity index (χ0) is 30.3. The van der Waals surface area contributed by atoms with Gasteiger partial charge in [0.2, 0.25) is 21.8 Å². The Labute approximate surface area is 257 Å². The summed E-state index contributed by atoms with van der Waals surface area (Å²) in [5.41, 5.74) is 1.89. The van der Waals surface area contributed by atoms with Crippen molar-refractivity contribution in [3.63, 3.8) is 0 Å². The lowest BCUT2D eigenvalue weighted by molar-refractivity contribution is -0.140. The first kappa shape index (κ1) is 31.3. The van der Waals surface area contributed by atoms with Gasteiger partial charge in [-0.15, -0.1) is 0 Å². The Kier molecular flexibility index (Phi) is 10.5. The number of rotatable bonds is 12. The molecular weight excluding hydrogens is 593 g/mol. The van der Waals surface area contributed by atoms with Gasteiger partial charge in [-0.3, -0.25) is 13.9 Å². The van der Waals surface area contributed by atoms with Crippen molar-refractivity contribution in [3.05, 3.63) is 112 Å². The van der Waals surface area contributed by atoms with Crippen molar-refractivity contribution >= 4 is 61.5 Å². The van der Waals surface area contributed by atoms with E-state index in [9.17, 15) is 18.0 Å². The molecule has 0 aromatic heterocycles. The minimum absolute atomic E-state index is 0.0138. The maximum Gasteiger partial charge on any atom is 0.244 e. The molecule has 0 bridgehead atoms. The van der Waals surface area contributed by atoms with Crippen LogP contribution in [0.4, 0.5) is 5.69 Å². The molecule has 0 aliphatic carbocycles. The average molecular weight is 627 g/mol. The van der Waals surface area contributed by atoms with E-state index < -0.39 is 28.5 Å². The van der Waals surface area contributed by atoms with Crippen LogP contribution >= 0.6 is 23.2 Å². The van der Waals surface area contributed by atoms with Gasteiger partial charge >= 0.3 is 0 Å². The molecular formula is C32H33Cl2N3O4S. The Balaban J connectivity index is 1.78. The van der Waals surface area contributed by atoms with E-state index in [4.69, 9.17) is 23.2 Å². The van der Waals surface area contributed by atoms with Gasteiger partial charge in [-0.2, -0.15) is 0 Å². The van der Waals surface area contributed by atoms with E-state index in [-0.39, 0.29) is 18.9 Å². The van der Waals surface area contributed by atoms with Crippen LogP contribution in [0.2, 0.25) is 10.0 Å². The number of nitrogens with one attached hydrogen (secondary N) is 1. The smallest absolute Gasteiger partial charge is 0.244 e. The minimum Gasteiger partial charge on any atom is -0.354 e. The Morgan fingerprint density at radius 2 is 1.55 bits per heavy atom. The first-order valence-electron chi connectivity index (χ1n) is 13.6. The van der Waals surface area contributed by atoms with Gasteiger partial charge in [-0.1, -0.05) is 103 Å². The number of carbonyl (C=O) groups excluding carboxylic acids is 2. The van der Waals surface area contributed by atoms with Crippen molar-refractivity contribution in [3.8, 4) is 0 Å². The van der Waals surface area contributed by atoms with Crippen LogP contribution in [0.3, 0.4) is 0 Å². The van der Waals surface area contributed by atoms with E-state index >= 15 is 0 Å². The zero-order valence-electron chi connectivity index (χ0n) is 23.5. The molecule has 0 heterocycles. The summed E-state index contributed by atoms with van der Waals surface area (Å²) < 4.78 is 27.4. The number of fused-ring (bicyclic) bond motifs is 1. The molecule has 0 aliphatic rings. The van der Waals surface area contributed by atoms with Gasteiger partial charge in [0.25, 0.3) is 0 Å². The molecule has 42 heavy (non-hydrogen) atoms. The lowest BCUT2D eigenvalue weighted by Crippen LogP contribution is -2.53. The molecule has 1 atom stereocenters. The summed E-state index contributed by atoms with van der Waals surface area (Å²) in [6.45, 7) is 1.89. The Bertz CT molecular complexity index is 1660. The van der Waals surface area contributed by atoms with Crippen molar-refractivity contribution in [1.29, 1.82) is 0 Å². The number of sulfonamides is 1. The number of hydrogen-bond donors (Lipinski definition) is 1. The quantitative estimate of drug-likeness (QED) is 0.207. The molecule has 0 radical (unpaired) electrons. The van der Waals surface area contributed by atoms with E-state index in [1.54, 1.807) is 30.3 Å². The van der Waals surface area contributed by atoms with E-state index in [0.717, 1.165) is 21.5 Å². The van der Waals surface area contributed by atoms with Crippen LogP contribution in [0.25, 0.3) is 10.8 Å². The van der Waals surface area contributed by atoms with Gasteiger partial charge in [-0.05, 0) is 41.1 Å². The maximum absolute atomic E-state index is 14.3. The monoisotopic (exact) mass is 625 g/mol. The lowest BCUT2D eigenvalue weighted by Gasteiger charge is -2.33. The van der Waals surface area contributed by atoms with Gasteiger partial charge in [0.15, 0.2) is 0 Å². The normalized spacial score (nSPS) is 12.1. The number of anilines is 1. The molecule has 0 spiro atoms. The van der Waals surface area contributed by atoms with Gasteiger partial charge in [0.05, 0.1) is 22.0 Å². The van der Waals surface area contributed by atoms with Crippen LogP contribution in [0.5, 0.6) is 0 Å². The van der Waals surface area contributed by atoms with Gasteiger partial charge in [0, 0.05) is 24.9 Å². The van der Waals surface area contributed by atoms with Crippen LogP contribution in [-0.2, 0) is 32.6 Å². The van der Waals surface area contributed by atoms with Crippen molar-refractivity contribution < 1.29 is 18.0 Å². The number of nitrogens with zero attached hydrogens (tertiary/aromatic N) is 2. The van der Waals surface area contributed by atoms with Crippen LogP contribution in [-0.4, -0.2) is 50.5 Å². The fourth-order valence-corrected chi connectivity index (χ4v) is 5.96. The lowest BCUT2D eigenvalue weighted by atomic mass is 10.0. The standard InChI is InChI=1S/C32H33Cl2N3O4S/c1-3-18-35-32(39)30(20-23-10-5-4-6-11-23)36(21-24-16-17-27(33)28(34)19-24)31(38)22-37(42(2,40)41)29-15-9-13-25-12-7-8-14-26(25)29/h4-17,19,30H,3,18,20-22H2,1-2H3,(H,35,39)/t30-/m1/s1. The minimum atomic E-state index is -3.90. The number of carbonyl (C=O) groups is 2. The molecule has 220 valence electrons. The maximum atomic E-state index is 14.3. The van der Waals surface area contributed by atoms with Crippen LogP contribution < -0.4 is 9.62 Å². The molecule has 2 amide bonds. The van der Waals surface area contributed by atoms with Gasteiger partial charge in [-0.25, -0.2) is 8.42 Å². The third-order valence-corrected chi connectivity index (χ3v) is 8.74. The van der Waals surface area contributed by atoms with E-state index in [2.05, 4.69) is 5.32 Å². The summed E-state index contributed by atoms with van der Waals surface area (Å²) in [6, 6.07) is 26.2. The molecule has 1 N–H and O–H groups in total. The molecule has 4 rings (SSSR count). The first-order chi connectivity index (χ1) is 20.1. The second-order valence-corrected chi connectivity index (χ2v) is 12.8. The Hall–Kier alpha value is -3.59. The van der Waals surface area contributed by atoms with E-state index in [0.29, 0.717) is 39.6 Å². The number of halogens is 2. The van der Waals surface area contributed by atoms with Crippen molar-refractivity contribution in [2.75, 3.05) is 23.7 Å². The molecule has 4 aromatic rings. The van der Waals surface area contributed by atoms with Crippen molar-refractivity contribution in [1.82, 2.24) is 10.2 Å². The third kappa shape index (κ3) is 7.82. The topological polar surface area (TPSA) is 86.8 Å². The highest BCUT2D eigenvalue weighted by molar-refractivity contribution is 7.92. The van der Waals surface area contributed by atoms with Gasteiger partial charge < -0.3 is 10.2 Å². The fraction of sp³-hybridized carbons (Fsp3) is 0.250. The van der Waals surface area contributed by atoms with Crippen LogP contribution in [0.1, 0.15) is 24.5 Å².